The molecule has 0 bridgehead atoms. The van der Waals surface area contributed by atoms with E-state index in [1.165, 1.54) is 21.3 Å². The molecule has 30 heavy (non-hydrogen) atoms. The van der Waals surface area contributed by atoms with Crippen molar-refractivity contribution < 1.29 is 36.6 Å². The summed E-state index contributed by atoms with van der Waals surface area (Å²) in [7, 11) is 0.287. The lowest BCUT2D eigenvalue weighted by atomic mass is 10.2. The summed E-state index contributed by atoms with van der Waals surface area (Å²) in [5, 5.41) is 2.54. The zero-order valence-electron chi connectivity index (χ0n) is 16.5. The average molecular weight is 440 g/mol. The van der Waals surface area contributed by atoms with Crippen molar-refractivity contribution in [2.24, 2.45) is 0 Å². The minimum Gasteiger partial charge on any atom is -0.493 e. The number of carbonyl (C=O) groups excluding carboxylic acids is 2. The van der Waals surface area contributed by atoms with Crippen LogP contribution in [0.4, 0.5) is 4.39 Å². The van der Waals surface area contributed by atoms with Gasteiger partial charge >= 0.3 is 5.97 Å². The van der Waals surface area contributed by atoms with Crippen LogP contribution in [0.25, 0.3) is 0 Å². The summed E-state index contributed by atoms with van der Waals surface area (Å²) in [6, 6.07) is 7.75. The molecule has 0 heterocycles. The van der Waals surface area contributed by atoms with E-state index in [1.54, 1.807) is 18.2 Å². The molecular weight excluding hydrogens is 419 g/mol. The highest BCUT2D eigenvalue weighted by Crippen LogP contribution is 2.27. The molecule has 2 aromatic carbocycles. The smallest absolute Gasteiger partial charge is 0.341 e. The zero-order chi connectivity index (χ0) is 22.3. The lowest BCUT2D eigenvalue weighted by molar-refractivity contribution is -0.124. The van der Waals surface area contributed by atoms with Crippen LogP contribution in [0.15, 0.2) is 41.3 Å². The lowest BCUT2D eigenvalue weighted by Gasteiger charge is -2.11. The number of methoxy groups -OCH3 is 2. The van der Waals surface area contributed by atoms with E-state index in [0.717, 1.165) is 18.2 Å². The fraction of sp³-hybridized carbons (Fsp3) is 0.263. The first-order valence-corrected chi connectivity index (χ1v) is 10.1. The number of hydrogen-bond acceptors (Lipinski definition) is 7. The number of benzene rings is 2. The third kappa shape index (κ3) is 5.67. The van der Waals surface area contributed by atoms with E-state index in [2.05, 4.69) is 10.0 Å². The number of hydrogen-bond donors (Lipinski definition) is 2. The number of halogens is 1. The Balaban J connectivity index is 1.97. The second-order valence-corrected chi connectivity index (χ2v) is 7.78. The van der Waals surface area contributed by atoms with Gasteiger partial charge in [-0.1, -0.05) is 6.07 Å². The Morgan fingerprint density at radius 3 is 2.37 bits per heavy atom. The largest absolute Gasteiger partial charge is 0.493 e. The van der Waals surface area contributed by atoms with Gasteiger partial charge < -0.3 is 19.5 Å². The number of amides is 1. The highest BCUT2D eigenvalue weighted by molar-refractivity contribution is 7.89. The van der Waals surface area contributed by atoms with Crippen LogP contribution in [0.3, 0.4) is 0 Å². The van der Waals surface area contributed by atoms with E-state index in [1.807, 2.05) is 0 Å². The van der Waals surface area contributed by atoms with Crippen LogP contribution in [0.2, 0.25) is 0 Å². The molecule has 0 spiro atoms. The van der Waals surface area contributed by atoms with Crippen LogP contribution >= 0.6 is 0 Å². The number of nitrogens with one attached hydrogen (secondary N) is 2. The summed E-state index contributed by atoms with van der Waals surface area (Å²) in [6.45, 7) is -0.546. The number of rotatable bonds is 9. The first-order valence-electron chi connectivity index (χ1n) is 8.59. The first kappa shape index (κ1) is 23.1. The molecule has 0 aliphatic rings. The lowest BCUT2D eigenvalue weighted by Crippen LogP contribution is -2.28. The quantitative estimate of drug-likeness (QED) is 0.563. The van der Waals surface area contributed by atoms with Gasteiger partial charge in [0.25, 0.3) is 5.91 Å². The second kappa shape index (κ2) is 10.0. The fourth-order valence-corrected chi connectivity index (χ4v) is 3.15. The topological polar surface area (TPSA) is 120 Å². The highest BCUT2D eigenvalue weighted by Gasteiger charge is 2.20. The summed E-state index contributed by atoms with van der Waals surface area (Å²) in [6.07, 6.45) is 0. The van der Waals surface area contributed by atoms with E-state index >= 15 is 0 Å². The minimum absolute atomic E-state index is 0.126. The van der Waals surface area contributed by atoms with Gasteiger partial charge in [0.15, 0.2) is 18.1 Å². The van der Waals surface area contributed by atoms with Crippen LogP contribution in [-0.2, 0) is 26.1 Å². The van der Waals surface area contributed by atoms with Crippen molar-refractivity contribution in [1.82, 2.24) is 10.0 Å². The van der Waals surface area contributed by atoms with Crippen LogP contribution in [0.1, 0.15) is 15.9 Å². The summed E-state index contributed by atoms with van der Waals surface area (Å²) < 4.78 is 54.6. The molecule has 0 unspecified atom stereocenters. The third-order valence-corrected chi connectivity index (χ3v) is 5.42. The van der Waals surface area contributed by atoms with Crippen molar-refractivity contribution >= 4 is 21.9 Å². The van der Waals surface area contributed by atoms with Crippen molar-refractivity contribution in [3.63, 3.8) is 0 Å². The molecule has 0 saturated heterocycles. The van der Waals surface area contributed by atoms with Gasteiger partial charge in [0.05, 0.1) is 24.7 Å². The fourth-order valence-electron chi connectivity index (χ4n) is 2.40. The van der Waals surface area contributed by atoms with Crippen LogP contribution < -0.4 is 19.5 Å². The van der Waals surface area contributed by atoms with E-state index in [4.69, 9.17) is 14.2 Å². The summed E-state index contributed by atoms with van der Waals surface area (Å²) in [5.74, 6) is -1.74. The summed E-state index contributed by atoms with van der Waals surface area (Å²) >= 11 is 0. The Kier molecular flexibility index (Phi) is 7.72. The van der Waals surface area contributed by atoms with Crippen molar-refractivity contribution in [1.29, 1.82) is 0 Å². The Morgan fingerprint density at radius 1 is 1.03 bits per heavy atom. The van der Waals surface area contributed by atoms with Crippen molar-refractivity contribution in [3.8, 4) is 11.5 Å². The SMILES string of the molecule is CNS(=O)(=O)c1ccc(F)c(C(=O)OCC(=O)NCc2ccc(OC)c(OC)c2)c1. The molecule has 1 amide bonds. The van der Waals surface area contributed by atoms with Gasteiger partial charge in [0.2, 0.25) is 10.0 Å². The normalized spacial score (nSPS) is 10.9. The molecular formula is C19H21FN2O7S. The molecule has 162 valence electrons. The van der Waals surface area contributed by atoms with E-state index in [0.29, 0.717) is 17.1 Å². The van der Waals surface area contributed by atoms with Crippen LogP contribution in [0, 0.1) is 5.82 Å². The molecule has 0 atom stereocenters. The first-order chi connectivity index (χ1) is 14.2. The van der Waals surface area contributed by atoms with Crippen molar-refractivity contribution in [3.05, 3.63) is 53.3 Å². The monoisotopic (exact) mass is 440 g/mol. The standard InChI is InChI=1S/C19H21FN2O7S/c1-21-30(25,26)13-5-6-15(20)14(9-13)19(24)29-11-18(23)22-10-12-4-7-16(27-2)17(8-12)28-3/h4-9,21H,10-11H2,1-3H3,(H,22,23). The molecule has 0 aromatic heterocycles. The van der Waals surface area contributed by atoms with Gasteiger partial charge in [-0.05, 0) is 42.9 Å². The number of ether oxygens (including phenoxy) is 3. The van der Waals surface area contributed by atoms with Crippen LogP contribution in [0.5, 0.6) is 11.5 Å². The maximum atomic E-state index is 13.9. The third-order valence-electron chi connectivity index (χ3n) is 4.01. The molecule has 0 saturated carbocycles. The Bertz CT molecular complexity index is 1040. The van der Waals surface area contributed by atoms with Crippen LogP contribution in [-0.4, -0.2) is 48.2 Å². The Labute approximate surface area is 173 Å². The molecule has 0 radical (unpaired) electrons. The van der Waals surface area contributed by atoms with Gasteiger partial charge in [-0.3, -0.25) is 4.79 Å². The number of sulfonamides is 1. The maximum absolute atomic E-state index is 13.9. The van der Waals surface area contributed by atoms with Gasteiger partial charge in [-0.25, -0.2) is 22.3 Å². The molecule has 0 aliphatic carbocycles. The predicted molar refractivity (Wildman–Crippen MR) is 104 cm³/mol. The molecule has 2 N–H and O–H groups in total. The Morgan fingerprint density at radius 2 is 1.73 bits per heavy atom. The molecule has 9 nitrogen and oxygen atoms in total. The predicted octanol–water partition coefficient (Wildman–Crippen LogP) is 1.22. The summed E-state index contributed by atoms with van der Waals surface area (Å²) in [4.78, 5) is 23.7. The number of esters is 1. The average Bonchev–Trinajstić information content (AvgIpc) is 2.75. The minimum atomic E-state index is -3.88. The van der Waals surface area contributed by atoms with Crippen molar-refractivity contribution in [2.75, 3.05) is 27.9 Å². The van der Waals surface area contributed by atoms with E-state index in [-0.39, 0.29) is 11.4 Å². The Hall–Kier alpha value is -3.18. The molecule has 2 rings (SSSR count). The number of carbonyl (C=O) groups is 2. The van der Waals surface area contributed by atoms with Gasteiger partial charge in [0.1, 0.15) is 5.82 Å². The van der Waals surface area contributed by atoms with E-state index in [9.17, 15) is 22.4 Å². The van der Waals surface area contributed by atoms with Crippen molar-refractivity contribution in [2.45, 2.75) is 11.4 Å². The molecule has 0 fully saturated rings. The molecule has 11 heteroatoms. The zero-order valence-corrected chi connectivity index (χ0v) is 17.3. The molecule has 2 aromatic rings. The molecule has 0 aliphatic heterocycles. The van der Waals surface area contributed by atoms with Gasteiger partial charge in [-0.2, -0.15) is 0 Å². The maximum Gasteiger partial charge on any atom is 0.341 e. The van der Waals surface area contributed by atoms with E-state index < -0.39 is 39.9 Å². The van der Waals surface area contributed by atoms with Gasteiger partial charge in [-0.15, -0.1) is 0 Å². The second-order valence-electron chi connectivity index (χ2n) is 5.89. The summed E-state index contributed by atoms with van der Waals surface area (Å²) in [5.41, 5.74) is 0.113. The van der Waals surface area contributed by atoms with Gasteiger partial charge in [0, 0.05) is 6.54 Å². The highest BCUT2D eigenvalue weighted by atomic mass is 32.2.